The van der Waals surface area contributed by atoms with Crippen LogP contribution in [0.4, 0.5) is 0 Å². The third kappa shape index (κ3) is 6.26. The van der Waals surface area contributed by atoms with Gasteiger partial charge in [0.15, 0.2) is 0 Å². The lowest BCUT2D eigenvalue weighted by molar-refractivity contribution is 0.296. The first-order valence-corrected chi connectivity index (χ1v) is 9.90. The Morgan fingerprint density at radius 2 is 1.63 bits per heavy atom. The number of rotatable bonds is 7. The van der Waals surface area contributed by atoms with Gasteiger partial charge in [0.1, 0.15) is 0 Å². The summed E-state index contributed by atoms with van der Waals surface area (Å²) in [6, 6.07) is 21.5. The maximum atomic E-state index is 2.54. The molecule has 1 aliphatic rings. The van der Waals surface area contributed by atoms with Gasteiger partial charge in [0.25, 0.3) is 0 Å². The topological polar surface area (TPSA) is 6.48 Å². The highest BCUT2D eigenvalue weighted by atomic mass is 15.1. The van der Waals surface area contributed by atoms with Crippen molar-refractivity contribution in [2.45, 2.75) is 32.9 Å². The number of nitrogens with zero attached hydrogens (tertiary/aromatic N) is 2. The summed E-state index contributed by atoms with van der Waals surface area (Å²) in [5, 5.41) is 0. The fourth-order valence-corrected chi connectivity index (χ4v) is 3.45. The van der Waals surface area contributed by atoms with E-state index in [2.05, 4.69) is 108 Å². The zero-order valence-corrected chi connectivity index (χ0v) is 16.3. The zero-order chi connectivity index (χ0) is 18.7. The van der Waals surface area contributed by atoms with Crippen LogP contribution in [-0.2, 0) is 13.1 Å². The minimum Gasteiger partial charge on any atom is -0.347 e. The number of hydrogen-bond acceptors (Lipinski definition) is 2. The van der Waals surface area contributed by atoms with Crippen molar-refractivity contribution < 1.29 is 0 Å². The monoisotopic (exact) mass is 358 g/mol. The standard InChI is InChI=1S/C25H30N2/c1-2-3-10-19-27(22-24-14-8-5-9-15-24)25-16-11-18-26(20-17-25)21-23-12-6-4-7-13-23/h2-10,12-15,17,19H,11,16,18,20-22H2,1H3/b3-2+,19-10+. The van der Waals surface area contributed by atoms with Crippen LogP contribution in [0.2, 0.25) is 0 Å². The van der Waals surface area contributed by atoms with Crippen molar-refractivity contribution in [1.29, 1.82) is 0 Å². The highest BCUT2D eigenvalue weighted by Gasteiger charge is 2.14. The van der Waals surface area contributed by atoms with E-state index in [4.69, 9.17) is 0 Å². The van der Waals surface area contributed by atoms with E-state index < -0.39 is 0 Å². The summed E-state index contributed by atoms with van der Waals surface area (Å²) in [4.78, 5) is 4.94. The summed E-state index contributed by atoms with van der Waals surface area (Å²) < 4.78 is 0. The van der Waals surface area contributed by atoms with Gasteiger partial charge in [0.2, 0.25) is 0 Å². The van der Waals surface area contributed by atoms with Gasteiger partial charge in [-0.15, -0.1) is 0 Å². The molecule has 2 aromatic carbocycles. The Morgan fingerprint density at radius 3 is 2.33 bits per heavy atom. The van der Waals surface area contributed by atoms with Crippen molar-refractivity contribution in [2.75, 3.05) is 13.1 Å². The number of benzene rings is 2. The Balaban J connectivity index is 1.70. The van der Waals surface area contributed by atoms with Crippen LogP contribution in [0.5, 0.6) is 0 Å². The zero-order valence-electron chi connectivity index (χ0n) is 16.3. The molecule has 1 heterocycles. The van der Waals surface area contributed by atoms with Gasteiger partial charge < -0.3 is 4.90 Å². The lowest BCUT2D eigenvalue weighted by Crippen LogP contribution is -2.23. The van der Waals surface area contributed by atoms with Gasteiger partial charge >= 0.3 is 0 Å². The predicted molar refractivity (Wildman–Crippen MR) is 115 cm³/mol. The minimum absolute atomic E-state index is 0.916. The van der Waals surface area contributed by atoms with Crippen molar-refractivity contribution in [3.63, 3.8) is 0 Å². The fourth-order valence-electron chi connectivity index (χ4n) is 3.45. The van der Waals surface area contributed by atoms with Crippen LogP contribution in [-0.4, -0.2) is 22.9 Å². The summed E-state index contributed by atoms with van der Waals surface area (Å²) in [5.74, 6) is 0. The summed E-state index contributed by atoms with van der Waals surface area (Å²) in [6.45, 7) is 6.15. The first kappa shape index (κ1) is 19.2. The van der Waals surface area contributed by atoms with Crippen molar-refractivity contribution in [2.24, 2.45) is 0 Å². The van der Waals surface area contributed by atoms with Crippen LogP contribution in [0, 0.1) is 0 Å². The Morgan fingerprint density at radius 1 is 0.926 bits per heavy atom. The van der Waals surface area contributed by atoms with Gasteiger partial charge in [-0.05, 0) is 43.5 Å². The van der Waals surface area contributed by atoms with Crippen LogP contribution in [0.1, 0.15) is 30.9 Å². The normalized spacial score (nSPS) is 15.8. The SMILES string of the molecule is C/C=C/C=C/N(Cc1ccccc1)C1=CCN(Cc2ccccc2)CCC1. The Hall–Kier alpha value is -2.58. The second kappa shape index (κ2) is 10.5. The molecule has 0 radical (unpaired) electrons. The van der Waals surface area contributed by atoms with E-state index in [0.717, 1.165) is 32.6 Å². The second-order valence-corrected chi connectivity index (χ2v) is 7.00. The molecule has 0 saturated heterocycles. The van der Waals surface area contributed by atoms with Crippen molar-refractivity contribution >= 4 is 0 Å². The van der Waals surface area contributed by atoms with Crippen LogP contribution in [0.15, 0.2) is 96.9 Å². The molecule has 3 rings (SSSR count). The molecule has 2 aromatic rings. The summed E-state index contributed by atoms with van der Waals surface area (Å²) in [6.07, 6.45) is 13.2. The Kier molecular flexibility index (Phi) is 7.49. The van der Waals surface area contributed by atoms with Gasteiger partial charge in [-0.25, -0.2) is 0 Å². The third-order valence-electron chi connectivity index (χ3n) is 4.88. The molecule has 0 fully saturated rings. The molecule has 0 aliphatic carbocycles. The molecule has 0 bridgehead atoms. The van der Waals surface area contributed by atoms with E-state index in [9.17, 15) is 0 Å². The fraction of sp³-hybridized carbons (Fsp3) is 0.280. The van der Waals surface area contributed by atoms with Crippen molar-refractivity contribution in [3.8, 4) is 0 Å². The average Bonchev–Trinajstić information content (AvgIpc) is 2.95. The first-order valence-electron chi connectivity index (χ1n) is 9.90. The van der Waals surface area contributed by atoms with Crippen LogP contribution >= 0.6 is 0 Å². The molecule has 27 heavy (non-hydrogen) atoms. The van der Waals surface area contributed by atoms with Gasteiger partial charge in [0.05, 0.1) is 0 Å². The van der Waals surface area contributed by atoms with E-state index in [1.165, 1.54) is 23.2 Å². The summed E-state index contributed by atoms with van der Waals surface area (Å²) >= 11 is 0. The average molecular weight is 359 g/mol. The van der Waals surface area contributed by atoms with Gasteiger partial charge in [0, 0.05) is 31.5 Å². The molecule has 0 saturated carbocycles. The van der Waals surface area contributed by atoms with Crippen molar-refractivity contribution in [1.82, 2.24) is 9.80 Å². The molecular formula is C25H30N2. The highest BCUT2D eigenvalue weighted by molar-refractivity contribution is 5.19. The Labute approximate surface area is 164 Å². The van der Waals surface area contributed by atoms with E-state index in [0.29, 0.717) is 0 Å². The van der Waals surface area contributed by atoms with Gasteiger partial charge in [-0.3, -0.25) is 4.90 Å². The van der Waals surface area contributed by atoms with E-state index in [1.807, 2.05) is 0 Å². The molecule has 2 heteroatoms. The molecule has 0 atom stereocenters. The maximum absolute atomic E-state index is 2.54. The smallest absolute Gasteiger partial charge is 0.0472 e. The third-order valence-corrected chi connectivity index (χ3v) is 4.88. The van der Waals surface area contributed by atoms with Gasteiger partial charge in [-0.1, -0.05) is 78.9 Å². The lowest BCUT2D eigenvalue weighted by Gasteiger charge is -2.23. The largest absolute Gasteiger partial charge is 0.347 e. The molecule has 0 N–H and O–H groups in total. The van der Waals surface area contributed by atoms with E-state index >= 15 is 0 Å². The second-order valence-electron chi connectivity index (χ2n) is 7.00. The molecule has 1 aliphatic heterocycles. The highest BCUT2D eigenvalue weighted by Crippen LogP contribution is 2.20. The first-order chi connectivity index (χ1) is 13.3. The molecule has 0 amide bonds. The number of hydrogen-bond donors (Lipinski definition) is 0. The lowest BCUT2D eigenvalue weighted by atomic mass is 10.1. The molecule has 0 spiro atoms. The quantitative estimate of drug-likeness (QED) is 0.581. The van der Waals surface area contributed by atoms with Gasteiger partial charge in [-0.2, -0.15) is 0 Å². The predicted octanol–water partition coefficient (Wildman–Crippen LogP) is 5.76. The Bertz CT molecular complexity index is 759. The molecule has 2 nitrogen and oxygen atoms in total. The van der Waals surface area contributed by atoms with Crippen molar-refractivity contribution in [3.05, 3.63) is 108 Å². The molecular weight excluding hydrogens is 328 g/mol. The van der Waals surface area contributed by atoms with Crippen LogP contribution < -0.4 is 0 Å². The van der Waals surface area contributed by atoms with E-state index in [1.54, 1.807) is 0 Å². The van der Waals surface area contributed by atoms with Crippen LogP contribution in [0.3, 0.4) is 0 Å². The van der Waals surface area contributed by atoms with E-state index in [-0.39, 0.29) is 0 Å². The maximum Gasteiger partial charge on any atom is 0.0472 e. The van der Waals surface area contributed by atoms with Crippen LogP contribution in [0.25, 0.3) is 0 Å². The number of allylic oxidation sites excluding steroid dienone is 4. The molecule has 0 aromatic heterocycles. The summed E-state index contributed by atoms with van der Waals surface area (Å²) in [7, 11) is 0. The minimum atomic E-state index is 0.916. The molecule has 0 unspecified atom stereocenters. The summed E-state index contributed by atoms with van der Waals surface area (Å²) in [5.41, 5.74) is 4.16. The molecule has 140 valence electrons.